The van der Waals surface area contributed by atoms with Crippen molar-refractivity contribution >= 4 is 17.5 Å². The quantitative estimate of drug-likeness (QED) is 0.935. The van der Waals surface area contributed by atoms with Crippen molar-refractivity contribution < 1.29 is 9.90 Å². The van der Waals surface area contributed by atoms with E-state index in [1.807, 2.05) is 18.2 Å². The molecule has 1 saturated heterocycles. The normalized spacial score (nSPS) is 19.4. The summed E-state index contributed by atoms with van der Waals surface area (Å²) in [5.74, 6) is -0.0379. The molecule has 0 bridgehead atoms. The first-order valence-corrected chi connectivity index (χ1v) is 7.58. The number of halogens is 1. The highest BCUT2D eigenvalue weighted by molar-refractivity contribution is 6.32. The molecular formula is C15H17ClN4O2. The average Bonchev–Trinajstić information content (AvgIpc) is 3.17. The number of hydrogen-bond donors (Lipinski definition) is 1. The number of carbonyl (C=O) groups is 1. The van der Waals surface area contributed by atoms with Gasteiger partial charge in [-0.3, -0.25) is 4.79 Å². The molecule has 6 nitrogen and oxygen atoms in total. The topological polar surface area (TPSA) is 71.2 Å². The number of benzene rings is 1. The van der Waals surface area contributed by atoms with Crippen molar-refractivity contribution in [3.63, 3.8) is 0 Å². The van der Waals surface area contributed by atoms with Gasteiger partial charge in [0.05, 0.1) is 23.0 Å². The Morgan fingerprint density at radius 3 is 2.91 bits per heavy atom. The maximum Gasteiger partial charge on any atom is 0.276 e. The van der Waals surface area contributed by atoms with Crippen molar-refractivity contribution in [2.45, 2.75) is 19.4 Å². The summed E-state index contributed by atoms with van der Waals surface area (Å²) in [5.41, 5.74) is 0.963. The predicted octanol–water partition coefficient (Wildman–Crippen LogP) is 1.76. The average molecular weight is 321 g/mol. The maximum absolute atomic E-state index is 12.4. The van der Waals surface area contributed by atoms with Gasteiger partial charge in [-0.2, -0.15) is 0 Å². The van der Waals surface area contributed by atoms with E-state index in [1.165, 1.54) is 4.68 Å². The van der Waals surface area contributed by atoms with Gasteiger partial charge in [-0.05, 0) is 25.5 Å². The van der Waals surface area contributed by atoms with Crippen LogP contribution in [0.4, 0.5) is 0 Å². The third-order valence-electron chi connectivity index (χ3n) is 4.01. The Morgan fingerprint density at radius 2 is 2.23 bits per heavy atom. The van der Waals surface area contributed by atoms with E-state index in [2.05, 4.69) is 10.3 Å². The fourth-order valence-corrected chi connectivity index (χ4v) is 2.87. The second-order valence-electron chi connectivity index (χ2n) is 5.54. The molecule has 2 heterocycles. The highest BCUT2D eigenvalue weighted by atomic mass is 35.5. The molecule has 1 fully saturated rings. The molecule has 0 radical (unpaired) electrons. The Hall–Kier alpha value is -1.92. The fourth-order valence-electron chi connectivity index (χ4n) is 2.64. The van der Waals surface area contributed by atoms with Crippen LogP contribution in [0, 0.1) is 5.92 Å². The van der Waals surface area contributed by atoms with E-state index in [4.69, 9.17) is 11.6 Å². The Balaban J connectivity index is 1.77. The van der Waals surface area contributed by atoms with E-state index >= 15 is 0 Å². The molecule has 2 aromatic rings. The predicted molar refractivity (Wildman–Crippen MR) is 82.1 cm³/mol. The molecular weight excluding hydrogens is 304 g/mol. The molecule has 2 unspecified atom stereocenters. The van der Waals surface area contributed by atoms with Gasteiger partial charge in [0.2, 0.25) is 0 Å². The molecule has 1 aliphatic heterocycles. The van der Waals surface area contributed by atoms with Gasteiger partial charge < -0.3 is 10.0 Å². The molecule has 0 aliphatic carbocycles. The van der Waals surface area contributed by atoms with Gasteiger partial charge in [0.1, 0.15) is 0 Å². The molecule has 1 N–H and O–H groups in total. The number of hydrogen-bond acceptors (Lipinski definition) is 4. The van der Waals surface area contributed by atoms with Crippen molar-refractivity contribution in [2.75, 3.05) is 13.1 Å². The van der Waals surface area contributed by atoms with E-state index in [-0.39, 0.29) is 17.5 Å². The van der Waals surface area contributed by atoms with Crippen molar-refractivity contribution in [1.29, 1.82) is 0 Å². The SMILES string of the molecule is CC(O)C1CCN(C(=O)c2cn(-c3ccccc3Cl)nn2)C1. The van der Waals surface area contributed by atoms with Crippen LogP contribution in [0.15, 0.2) is 30.5 Å². The maximum atomic E-state index is 12.4. The second-order valence-corrected chi connectivity index (χ2v) is 5.95. The minimum Gasteiger partial charge on any atom is -0.393 e. The highest BCUT2D eigenvalue weighted by Crippen LogP contribution is 2.22. The molecule has 3 rings (SSSR count). The summed E-state index contributed by atoms with van der Waals surface area (Å²) in [6, 6.07) is 7.24. The third-order valence-corrected chi connectivity index (χ3v) is 4.33. The number of rotatable bonds is 3. The first-order valence-electron chi connectivity index (χ1n) is 7.21. The van der Waals surface area contributed by atoms with Gasteiger partial charge in [0.15, 0.2) is 5.69 Å². The Labute approximate surface area is 133 Å². The Kier molecular flexibility index (Phi) is 4.13. The summed E-state index contributed by atoms with van der Waals surface area (Å²) >= 11 is 6.12. The van der Waals surface area contributed by atoms with Gasteiger partial charge in [-0.1, -0.05) is 28.9 Å². The van der Waals surface area contributed by atoms with Gasteiger partial charge >= 0.3 is 0 Å². The van der Waals surface area contributed by atoms with Crippen LogP contribution in [0.25, 0.3) is 5.69 Å². The van der Waals surface area contributed by atoms with E-state index in [0.717, 1.165) is 6.42 Å². The summed E-state index contributed by atoms with van der Waals surface area (Å²) in [4.78, 5) is 14.1. The highest BCUT2D eigenvalue weighted by Gasteiger charge is 2.30. The molecule has 1 aromatic carbocycles. The number of likely N-dealkylation sites (tertiary alicyclic amines) is 1. The second kappa shape index (κ2) is 6.06. The Morgan fingerprint density at radius 1 is 1.45 bits per heavy atom. The number of nitrogens with zero attached hydrogens (tertiary/aromatic N) is 4. The molecule has 7 heteroatoms. The minimum atomic E-state index is -0.406. The fraction of sp³-hybridized carbons (Fsp3) is 0.400. The third kappa shape index (κ3) is 2.84. The van der Waals surface area contributed by atoms with Crippen LogP contribution >= 0.6 is 11.6 Å². The lowest BCUT2D eigenvalue weighted by Gasteiger charge is -2.16. The van der Waals surface area contributed by atoms with Crippen molar-refractivity contribution in [3.8, 4) is 5.69 Å². The van der Waals surface area contributed by atoms with Crippen LogP contribution in [-0.2, 0) is 0 Å². The zero-order valence-corrected chi connectivity index (χ0v) is 12.9. The standard InChI is InChI=1S/C15H17ClN4O2/c1-10(21)11-6-7-19(8-11)15(22)13-9-20(18-17-13)14-5-3-2-4-12(14)16/h2-5,9-11,21H,6-8H2,1H3. The van der Waals surface area contributed by atoms with Crippen LogP contribution in [0.5, 0.6) is 0 Å². The summed E-state index contributed by atoms with van der Waals surface area (Å²) < 4.78 is 1.50. The molecule has 2 atom stereocenters. The van der Waals surface area contributed by atoms with Crippen molar-refractivity contribution in [1.82, 2.24) is 19.9 Å². The summed E-state index contributed by atoms with van der Waals surface area (Å²) in [6.07, 6.45) is 1.98. The molecule has 0 spiro atoms. The van der Waals surface area contributed by atoms with Crippen LogP contribution in [0.1, 0.15) is 23.8 Å². The monoisotopic (exact) mass is 320 g/mol. The number of aromatic nitrogens is 3. The Bertz CT molecular complexity index is 686. The number of carbonyl (C=O) groups excluding carboxylic acids is 1. The number of aliphatic hydroxyl groups excluding tert-OH is 1. The molecule has 116 valence electrons. The lowest BCUT2D eigenvalue weighted by Crippen LogP contribution is -2.30. The molecule has 22 heavy (non-hydrogen) atoms. The van der Waals surface area contributed by atoms with Gasteiger partial charge in [0.25, 0.3) is 5.91 Å². The summed E-state index contributed by atoms with van der Waals surface area (Å²) in [5, 5.41) is 18.1. The van der Waals surface area contributed by atoms with E-state index in [0.29, 0.717) is 23.8 Å². The van der Waals surface area contributed by atoms with E-state index in [9.17, 15) is 9.90 Å². The summed E-state index contributed by atoms with van der Waals surface area (Å²) in [6.45, 7) is 2.94. The first kappa shape index (κ1) is 15.0. The van der Waals surface area contributed by atoms with Crippen LogP contribution in [0.3, 0.4) is 0 Å². The smallest absolute Gasteiger partial charge is 0.276 e. The zero-order valence-electron chi connectivity index (χ0n) is 12.2. The van der Waals surface area contributed by atoms with Crippen molar-refractivity contribution in [3.05, 3.63) is 41.2 Å². The van der Waals surface area contributed by atoms with Gasteiger partial charge in [0, 0.05) is 19.0 Å². The molecule has 1 aromatic heterocycles. The van der Waals surface area contributed by atoms with Crippen molar-refractivity contribution in [2.24, 2.45) is 5.92 Å². The van der Waals surface area contributed by atoms with Gasteiger partial charge in [-0.25, -0.2) is 4.68 Å². The lowest BCUT2D eigenvalue weighted by atomic mass is 10.0. The molecule has 1 amide bonds. The lowest BCUT2D eigenvalue weighted by molar-refractivity contribution is 0.0756. The molecule has 1 aliphatic rings. The number of para-hydroxylation sites is 1. The summed E-state index contributed by atoms with van der Waals surface area (Å²) in [7, 11) is 0. The molecule has 0 saturated carbocycles. The number of aliphatic hydroxyl groups is 1. The van der Waals surface area contributed by atoms with Crippen LogP contribution in [-0.4, -0.2) is 50.1 Å². The minimum absolute atomic E-state index is 0.127. The zero-order chi connectivity index (χ0) is 15.7. The van der Waals surface area contributed by atoms with E-state index < -0.39 is 6.10 Å². The van der Waals surface area contributed by atoms with Crippen LogP contribution < -0.4 is 0 Å². The number of amides is 1. The van der Waals surface area contributed by atoms with E-state index in [1.54, 1.807) is 24.1 Å². The largest absolute Gasteiger partial charge is 0.393 e. The first-order chi connectivity index (χ1) is 10.6. The van der Waals surface area contributed by atoms with Crippen LogP contribution in [0.2, 0.25) is 5.02 Å². The van der Waals surface area contributed by atoms with Gasteiger partial charge in [-0.15, -0.1) is 5.10 Å².